The van der Waals surface area contributed by atoms with Crippen LogP contribution in [0.3, 0.4) is 0 Å². The summed E-state index contributed by atoms with van der Waals surface area (Å²) in [5, 5.41) is 11.6. The summed E-state index contributed by atoms with van der Waals surface area (Å²) in [5.74, 6) is -0.389. The molecule has 1 fully saturated rings. The number of carboxylic acid groups (broad SMARTS) is 1. The van der Waals surface area contributed by atoms with Crippen molar-refractivity contribution in [1.29, 1.82) is 0 Å². The number of nitrogens with zero attached hydrogens (tertiary/aromatic N) is 2. The van der Waals surface area contributed by atoms with Crippen LogP contribution < -0.4 is 5.32 Å². The molecule has 20 heavy (non-hydrogen) atoms. The van der Waals surface area contributed by atoms with Gasteiger partial charge in [0.15, 0.2) is 0 Å². The molecule has 6 heteroatoms. The van der Waals surface area contributed by atoms with E-state index < -0.39 is 5.97 Å². The lowest BCUT2D eigenvalue weighted by Gasteiger charge is -2.21. The monoisotopic (exact) mass is 277 g/mol. The van der Waals surface area contributed by atoms with Gasteiger partial charge in [-0.3, -0.25) is 0 Å². The molecular formula is C14H19N3O3. The van der Waals surface area contributed by atoms with Crippen LogP contribution in [0.2, 0.25) is 0 Å². The van der Waals surface area contributed by atoms with Crippen LogP contribution in [0.5, 0.6) is 0 Å². The number of carboxylic acids is 1. The van der Waals surface area contributed by atoms with Gasteiger partial charge in [0.05, 0.1) is 0 Å². The Kier molecular flexibility index (Phi) is 4.55. The zero-order chi connectivity index (χ0) is 14.5. The summed E-state index contributed by atoms with van der Waals surface area (Å²) in [6.07, 6.45) is 3.90. The van der Waals surface area contributed by atoms with Gasteiger partial charge in [-0.2, -0.15) is 0 Å². The van der Waals surface area contributed by atoms with Crippen molar-refractivity contribution in [3.8, 4) is 0 Å². The highest BCUT2D eigenvalue weighted by atomic mass is 16.4. The molecule has 0 atom stereocenters. The Labute approximate surface area is 117 Å². The first-order chi connectivity index (χ1) is 9.60. The fraction of sp³-hybridized carbons (Fsp3) is 0.500. The van der Waals surface area contributed by atoms with Gasteiger partial charge in [-0.05, 0) is 37.3 Å². The molecule has 0 bridgehead atoms. The lowest BCUT2D eigenvalue weighted by molar-refractivity contribution is 0.0690. The molecule has 2 rings (SSSR count). The first kappa shape index (κ1) is 14.3. The average molecular weight is 277 g/mol. The molecular weight excluding hydrogens is 258 g/mol. The molecule has 1 aromatic rings. The number of hydrogen-bond acceptors (Lipinski definition) is 3. The first-order valence-electron chi connectivity index (χ1n) is 6.81. The van der Waals surface area contributed by atoms with E-state index in [9.17, 15) is 9.59 Å². The molecule has 0 saturated heterocycles. The largest absolute Gasteiger partial charge is 0.477 e. The van der Waals surface area contributed by atoms with Crippen LogP contribution in [0.4, 0.5) is 4.79 Å². The fourth-order valence-electron chi connectivity index (χ4n) is 1.91. The molecule has 1 heterocycles. The molecule has 0 unspecified atom stereocenters. The van der Waals surface area contributed by atoms with E-state index in [1.54, 1.807) is 11.0 Å². The highest BCUT2D eigenvalue weighted by Gasteiger charge is 2.25. The predicted octanol–water partition coefficient (Wildman–Crippen LogP) is 1.72. The van der Waals surface area contributed by atoms with Gasteiger partial charge in [0, 0.05) is 25.8 Å². The summed E-state index contributed by atoms with van der Waals surface area (Å²) >= 11 is 0. The molecule has 1 aliphatic rings. The van der Waals surface area contributed by atoms with E-state index in [0.717, 1.165) is 12.1 Å². The third-order valence-corrected chi connectivity index (χ3v) is 3.33. The summed E-state index contributed by atoms with van der Waals surface area (Å²) in [6.45, 7) is 3.83. The number of urea groups is 1. The number of aromatic nitrogens is 1. The van der Waals surface area contributed by atoms with E-state index in [1.807, 2.05) is 6.92 Å². The van der Waals surface area contributed by atoms with Crippen molar-refractivity contribution in [2.24, 2.45) is 5.92 Å². The van der Waals surface area contributed by atoms with E-state index in [1.165, 1.54) is 25.1 Å². The van der Waals surface area contributed by atoms with Crippen LogP contribution in [-0.4, -0.2) is 40.1 Å². The van der Waals surface area contributed by atoms with Crippen LogP contribution in [0.15, 0.2) is 18.3 Å². The second-order valence-electron chi connectivity index (χ2n) is 5.00. The molecule has 0 radical (unpaired) electrons. The van der Waals surface area contributed by atoms with E-state index in [-0.39, 0.29) is 11.7 Å². The Balaban J connectivity index is 1.83. The number of rotatable bonds is 6. The second-order valence-corrected chi connectivity index (χ2v) is 5.00. The van der Waals surface area contributed by atoms with E-state index >= 15 is 0 Å². The van der Waals surface area contributed by atoms with Crippen molar-refractivity contribution in [2.75, 3.05) is 13.1 Å². The lowest BCUT2D eigenvalue weighted by atomic mass is 10.2. The predicted molar refractivity (Wildman–Crippen MR) is 73.4 cm³/mol. The quantitative estimate of drug-likeness (QED) is 0.829. The first-order valence-corrected chi connectivity index (χ1v) is 6.81. The third kappa shape index (κ3) is 3.94. The Morgan fingerprint density at radius 1 is 1.45 bits per heavy atom. The maximum Gasteiger partial charge on any atom is 0.354 e. The van der Waals surface area contributed by atoms with Gasteiger partial charge in [-0.1, -0.05) is 6.07 Å². The SMILES string of the molecule is CCN(CC1CC1)C(=O)NCc1ccc(C(=O)O)nc1. The zero-order valence-electron chi connectivity index (χ0n) is 11.5. The number of amides is 2. The van der Waals surface area contributed by atoms with Crippen molar-refractivity contribution in [3.05, 3.63) is 29.6 Å². The van der Waals surface area contributed by atoms with Gasteiger partial charge >= 0.3 is 12.0 Å². The smallest absolute Gasteiger partial charge is 0.354 e. The van der Waals surface area contributed by atoms with E-state index in [2.05, 4.69) is 10.3 Å². The third-order valence-electron chi connectivity index (χ3n) is 3.33. The number of carbonyl (C=O) groups is 2. The molecule has 0 aliphatic heterocycles. The topological polar surface area (TPSA) is 82.5 Å². The molecule has 1 aromatic heterocycles. The van der Waals surface area contributed by atoms with Gasteiger partial charge in [0.1, 0.15) is 5.69 Å². The van der Waals surface area contributed by atoms with Crippen molar-refractivity contribution in [1.82, 2.24) is 15.2 Å². The average Bonchev–Trinajstić information content (AvgIpc) is 3.26. The van der Waals surface area contributed by atoms with Crippen molar-refractivity contribution in [3.63, 3.8) is 0 Å². The molecule has 6 nitrogen and oxygen atoms in total. The highest BCUT2D eigenvalue weighted by molar-refractivity contribution is 5.85. The molecule has 1 aliphatic carbocycles. The van der Waals surface area contributed by atoms with Crippen molar-refractivity contribution in [2.45, 2.75) is 26.3 Å². The summed E-state index contributed by atoms with van der Waals surface area (Å²) in [5.41, 5.74) is 0.787. The molecule has 0 spiro atoms. The van der Waals surface area contributed by atoms with E-state index in [0.29, 0.717) is 19.0 Å². The zero-order valence-corrected chi connectivity index (χ0v) is 11.5. The van der Waals surface area contributed by atoms with Crippen LogP contribution in [0.25, 0.3) is 0 Å². The maximum atomic E-state index is 12.0. The van der Waals surface area contributed by atoms with Gasteiger partial charge in [0.25, 0.3) is 0 Å². The number of pyridine rings is 1. The van der Waals surface area contributed by atoms with Crippen LogP contribution in [0, 0.1) is 5.92 Å². The van der Waals surface area contributed by atoms with Gasteiger partial charge < -0.3 is 15.3 Å². The highest BCUT2D eigenvalue weighted by Crippen LogP contribution is 2.29. The number of hydrogen-bond donors (Lipinski definition) is 2. The summed E-state index contributed by atoms with van der Waals surface area (Å²) in [7, 11) is 0. The summed E-state index contributed by atoms with van der Waals surface area (Å²) < 4.78 is 0. The number of nitrogens with one attached hydrogen (secondary N) is 1. The lowest BCUT2D eigenvalue weighted by Crippen LogP contribution is -2.40. The van der Waals surface area contributed by atoms with Crippen molar-refractivity contribution >= 4 is 12.0 Å². The van der Waals surface area contributed by atoms with Gasteiger partial charge in [-0.25, -0.2) is 14.6 Å². The normalized spacial score (nSPS) is 13.8. The molecule has 2 amide bonds. The van der Waals surface area contributed by atoms with Crippen molar-refractivity contribution < 1.29 is 14.7 Å². The fourth-order valence-corrected chi connectivity index (χ4v) is 1.91. The molecule has 2 N–H and O–H groups in total. The standard InChI is InChI=1S/C14H19N3O3/c1-2-17(9-10-3-4-10)14(20)16-8-11-5-6-12(13(18)19)15-7-11/h5-7,10H,2-4,8-9H2,1H3,(H,16,20)(H,18,19). The minimum absolute atomic E-state index is 0.00370. The van der Waals surface area contributed by atoms with Crippen LogP contribution in [0.1, 0.15) is 35.8 Å². The summed E-state index contributed by atoms with van der Waals surface area (Å²) in [4.78, 5) is 28.3. The Morgan fingerprint density at radius 3 is 2.70 bits per heavy atom. The molecule has 1 saturated carbocycles. The maximum absolute atomic E-state index is 12.0. The van der Waals surface area contributed by atoms with Crippen LogP contribution in [-0.2, 0) is 6.54 Å². The Morgan fingerprint density at radius 2 is 2.20 bits per heavy atom. The number of aromatic carboxylic acids is 1. The second kappa shape index (κ2) is 6.36. The number of carbonyl (C=O) groups excluding carboxylic acids is 1. The minimum Gasteiger partial charge on any atom is -0.477 e. The van der Waals surface area contributed by atoms with Gasteiger partial charge in [-0.15, -0.1) is 0 Å². The van der Waals surface area contributed by atoms with E-state index in [4.69, 9.17) is 5.11 Å². The Bertz CT molecular complexity index is 483. The minimum atomic E-state index is -1.05. The Hall–Kier alpha value is -2.11. The summed E-state index contributed by atoms with van der Waals surface area (Å²) in [6, 6.07) is 3.01. The van der Waals surface area contributed by atoms with Crippen LogP contribution >= 0.6 is 0 Å². The van der Waals surface area contributed by atoms with Gasteiger partial charge in [0.2, 0.25) is 0 Å². The molecule has 0 aromatic carbocycles. The molecule has 108 valence electrons.